The predicted molar refractivity (Wildman–Crippen MR) is 103 cm³/mol. The lowest BCUT2D eigenvalue weighted by Gasteiger charge is -2.27. The van der Waals surface area contributed by atoms with Crippen LogP contribution in [0.1, 0.15) is 26.3 Å². The molecule has 1 fully saturated rings. The van der Waals surface area contributed by atoms with Crippen LogP contribution >= 0.6 is 0 Å². The van der Waals surface area contributed by atoms with Gasteiger partial charge >= 0.3 is 5.76 Å². The number of morpholine rings is 1. The summed E-state index contributed by atoms with van der Waals surface area (Å²) in [5.41, 5.74) is 2.73. The van der Waals surface area contributed by atoms with E-state index < -0.39 is 11.7 Å². The maximum absolute atomic E-state index is 12.8. The zero-order chi connectivity index (χ0) is 19.7. The summed E-state index contributed by atoms with van der Waals surface area (Å²) in [6.07, 6.45) is 0. The molecule has 1 aliphatic heterocycles. The van der Waals surface area contributed by atoms with E-state index in [0.29, 0.717) is 43.1 Å². The van der Waals surface area contributed by atoms with Crippen molar-refractivity contribution in [3.8, 4) is 0 Å². The number of H-pyrrole nitrogens is 1. The van der Waals surface area contributed by atoms with Crippen molar-refractivity contribution in [2.45, 2.75) is 6.92 Å². The van der Waals surface area contributed by atoms with Crippen LogP contribution in [0.15, 0.2) is 45.6 Å². The second-order valence-electron chi connectivity index (χ2n) is 6.59. The molecule has 1 aromatic heterocycles. The number of para-hydroxylation sites is 1. The van der Waals surface area contributed by atoms with Crippen molar-refractivity contribution in [2.24, 2.45) is 0 Å². The van der Waals surface area contributed by atoms with Crippen molar-refractivity contribution >= 4 is 28.6 Å². The summed E-state index contributed by atoms with van der Waals surface area (Å²) in [5.74, 6) is -1.14. The van der Waals surface area contributed by atoms with Gasteiger partial charge in [-0.15, -0.1) is 0 Å². The fourth-order valence-corrected chi connectivity index (χ4v) is 3.22. The number of hydrogen-bond donors (Lipinski definition) is 2. The van der Waals surface area contributed by atoms with Gasteiger partial charge in [0.25, 0.3) is 11.8 Å². The van der Waals surface area contributed by atoms with E-state index in [4.69, 9.17) is 9.15 Å². The third-order valence-electron chi connectivity index (χ3n) is 4.72. The molecule has 3 aromatic rings. The van der Waals surface area contributed by atoms with Crippen molar-refractivity contribution in [1.82, 2.24) is 9.88 Å². The molecular formula is C20H19N3O5. The molecule has 144 valence electrons. The number of carbonyl (C=O) groups excluding carboxylic acids is 2. The van der Waals surface area contributed by atoms with E-state index in [-0.39, 0.29) is 17.1 Å². The summed E-state index contributed by atoms with van der Waals surface area (Å²) in [5, 5.41) is 2.77. The Bertz CT molecular complexity index is 1110. The van der Waals surface area contributed by atoms with Crippen molar-refractivity contribution in [3.05, 3.63) is 63.6 Å². The van der Waals surface area contributed by atoms with Crippen molar-refractivity contribution in [2.75, 3.05) is 31.6 Å². The fourth-order valence-electron chi connectivity index (χ4n) is 3.22. The van der Waals surface area contributed by atoms with Crippen LogP contribution in [0.3, 0.4) is 0 Å². The molecule has 0 spiro atoms. The third-order valence-corrected chi connectivity index (χ3v) is 4.72. The van der Waals surface area contributed by atoms with Gasteiger partial charge in [0, 0.05) is 24.3 Å². The molecule has 4 rings (SSSR count). The average Bonchev–Trinajstić information content (AvgIpc) is 3.09. The van der Waals surface area contributed by atoms with Gasteiger partial charge in [-0.05, 0) is 36.8 Å². The number of rotatable bonds is 3. The molecule has 0 saturated carbocycles. The minimum atomic E-state index is -0.621. The van der Waals surface area contributed by atoms with E-state index in [9.17, 15) is 14.4 Å². The van der Waals surface area contributed by atoms with Gasteiger partial charge in [-0.3, -0.25) is 14.6 Å². The highest BCUT2D eigenvalue weighted by Gasteiger charge is 2.21. The lowest BCUT2D eigenvalue weighted by atomic mass is 10.1. The first-order valence-corrected chi connectivity index (χ1v) is 8.94. The zero-order valence-corrected chi connectivity index (χ0v) is 15.3. The fraction of sp³-hybridized carbons (Fsp3) is 0.250. The van der Waals surface area contributed by atoms with Gasteiger partial charge in [0.05, 0.1) is 24.3 Å². The van der Waals surface area contributed by atoms with E-state index in [2.05, 4.69) is 10.3 Å². The number of carbonyl (C=O) groups is 2. The molecule has 8 nitrogen and oxygen atoms in total. The Kier molecular flexibility index (Phi) is 4.70. The summed E-state index contributed by atoms with van der Waals surface area (Å²) in [7, 11) is 0. The number of nitrogens with one attached hydrogen (secondary N) is 2. The number of anilines is 1. The molecule has 2 N–H and O–H groups in total. The maximum Gasteiger partial charge on any atom is 0.417 e. The molecule has 0 bridgehead atoms. The number of amides is 2. The summed E-state index contributed by atoms with van der Waals surface area (Å²) in [6, 6.07) is 10.1. The van der Waals surface area contributed by atoms with Crippen LogP contribution < -0.4 is 11.1 Å². The number of oxazole rings is 1. The highest BCUT2D eigenvalue weighted by molar-refractivity contribution is 6.11. The van der Waals surface area contributed by atoms with Crippen LogP contribution in [-0.2, 0) is 4.74 Å². The van der Waals surface area contributed by atoms with Gasteiger partial charge < -0.3 is 19.4 Å². The Hall–Kier alpha value is -3.39. The number of fused-ring (bicyclic) bond motifs is 1. The Balaban J connectivity index is 1.60. The summed E-state index contributed by atoms with van der Waals surface area (Å²) >= 11 is 0. The van der Waals surface area contributed by atoms with E-state index in [1.54, 1.807) is 41.3 Å². The molecule has 2 amide bonds. The highest BCUT2D eigenvalue weighted by Crippen LogP contribution is 2.21. The minimum absolute atomic E-state index is 0.0874. The lowest BCUT2D eigenvalue weighted by Crippen LogP contribution is -2.41. The standard InChI is InChI=1S/C20H19N3O5/c1-12-5-6-13(11-15(12)19(25)23-7-9-27-10-8-23)21-18(24)14-3-2-4-16-17(14)28-20(26)22-16/h2-6,11H,7-10H2,1H3,(H,21,24)(H,22,26). The summed E-state index contributed by atoms with van der Waals surface area (Å²) in [6.45, 7) is 3.99. The van der Waals surface area contributed by atoms with Crippen LogP contribution in [0.25, 0.3) is 11.1 Å². The minimum Gasteiger partial charge on any atom is -0.407 e. The van der Waals surface area contributed by atoms with E-state index in [1.807, 2.05) is 6.92 Å². The van der Waals surface area contributed by atoms with Gasteiger partial charge in [-0.25, -0.2) is 4.79 Å². The first kappa shape index (κ1) is 18.0. The number of aromatic amines is 1. The molecule has 0 radical (unpaired) electrons. The van der Waals surface area contributed by atoms with E-state index in [1.165, 1.54) is 0 Å². The number of nitrogens with zero attached hydrogens (tertiary/aromatic N) is 1. The molecule has 1 aliphatic rings. The smallest absolute Gasteiger partial charge is 0.407 e. The zero-order valence-electron chi connectivity index (χ0n) is 15.3. The molecule has 8 heteroatoms. The molecule has 0 aliphatic carbocycles. The first-order valence-electron chi connectivity index (χ1n) is 8.94. The predicted octanol–water partition coefficient (Wildman–Crippen LogP) is 2.15. The Labute approximate surface area is 160 Å². The maximum atomic E-state index is 12.8. The van der Waals surface area contributed by atoms with Gasteiger partial charge in [0.2, 0.25) is 0 Å². The Morgan fingerprint density at radius 2 is 1.89 bits per heavy atom. The molecule has 28 heavy (non-hydrogen) atoms. The van der Waals surface area contributed by atoms with E-state index >= 15 is 0 Å². The summed E-state index contributed by atoms with van der Waals surface area (Å²) < 4.78 is 10.4. The van der Waals surface area contributed by atoms with Gasteiger partial charge in [0.15, 0.2) is 5.58 Å². The first-order chi connectivity index (χ1) is 13.5. The van der Waals surface area contributed by atoms with Gasteiger partial charge in [-0.1, -0.05) is 12.1 Å². The normalized spacial score (nSPS) is 14.2. The largest absolute Gasteiger partial charge is 0.417 e. The van der Waals surface area contributed by atoms with Crippen LogP contribution in [0.2, 0.25) is 0 Å². The molecule has 0 atom stereocenters. The van der Waals surface area contributed by atoms with Crippen molar-refractivity contribution in [3.63, 3.8) is 0 Å². The van der Waals surface area contributed by atoms with Crippen LogP contribution in [-0.4, -0.2) is 48.0 Å². The van der Waals surface area contributed by atoms with Gasteiger partial charge in [0.1, 0.15) is 0 Å². The number of aryl methyl sites for hydroxylation is 1. The second kappa shape index (κ2) is 7.32. The Morgan fingerprint density at radius 3 is 2.68 bits per heavy atom. The van der Waals surface area contributed by atoms with Crippen LogP contribution in [0, 0.1) is 6.92 Å². The SMILES string of the molecule is Cc1ccc(NC(=O)c2cccc3[nH]c(=O)oc23)cc1C(=O)N1CCOCC1. The molecule has 2 heterocycles. The van der Waals surface area contributed by atoms with Crippen LogP contribution in [0.4, 0.5) is 5.69 Å². The summed E-state index contributed by atoms with van der Waals surface area (Å²) in [4.78, 5) is 41.2. The molecule has 1 saturated heterocycles. The van der Waals surface area contributed by atoms with Crippen molar-refractivity contribution < 1.29 is 18.7 Å². The number of hydrogen-bond acceptors (Lipinski definition) is 5. The lowest BCUT2D eigenvalue weighted by molar-refractivity contribution is 0.0302. The quantitative estimate of drug-likeness (QED) is 0.723. The molecule has 0 unspecified atom stereocenters. The van der Waals surface area contributed by atoms with E-state index in [0.717, 1.165) is 5.56 Å². The number of ether oxygens (including phenoxy) is 1. The highest BCUT2D eigenvalue weighted by atomic mass is 16.5. The molecule has 2 aromatic carbocycles. The average molecular weight is 381 g/mol. The van der Waals surface area contributed by atoms with Gasteiger partial charge in [-0.2, -0.15) is 0 Å². The number of benzene rings is 2. The Morgan fingerprint density at radius 1 is 1.11 bits per heavy atom. The van der Waals surface area contributed by atoms with Crippen molar-refractivity contribution in [1.29, 1.82) is 0 Å². The topological polar surface area (TPSA) is 105 Å². The number of aromatic nitrogens is 1. The molecular weight excluding hydrogens is 362 g/mol. The second-order valence-corrected chi connectivity index (χ2v) is 6.59. The van der Waals surface area contributed by atoms with Crippen LogP contribution in [0.5, 0.6) is 0 Å². The monoisotopic (exact) mass is 381 g/mol. The third kappa shape index (κ3) is 3.41.